The minimum atomic E-state index is -2.54. The highest BCUT2D eigenvalue weighted by Gasteiger charge is 2.09. The molecule has 1 aromatic heterocycles. The maximum atomic E-state index is 12.2. The van der Waals surface area contributed by atoms with Gasteiger partial charge in [-0.1, -0.05) is 0 Å². The molecule has 0 amide bonds. The molecule has 68 valence electrons. The Bertz CT molecular complexity index is 486. The first kappa shape index (κ1) is 7.97. The fourth-order valence-corrected chi connectivity index (χ4v) is 1.11. The van der Waals surface area contributed by atoms with Crippen molar-refractivity contribution in [2.75, 3.05) is 0 Å². The van der Waals surface area contributed by atoms with Crippen LogP contribution in [0.25, 0.3) is 11.1 Å². The molecule has 0 spiro atoms. The second-order valence-electron chi connectivity index (χ2n) is 2.57. The van der Waals surface area contributed by atoms with E-state index in [4.69, 9.17) is 0 Å². The van der Waals surface area contributed by atoms with Crippen LogP contribution in [0.3, 0.4) is 0 Å². The van der Waals surface area contributed by atoms with E-state index < -0.39 is 12.2 Å². The molecule has 1 heterocycles. The minimum Gasteiger partial charge on any atom is -0.408 e. The second-order valence-corrected chi connectivity index (χ2v) is 2.57. The molecular formula is C8H5F2NO2. The molecule has 0 aliphatic carbocycles. The van der Waals surface area contributed by atoms with Crippen LogP contribution in [0, 0.1) is 0 Å². The molecule has 0 aliphatic heterocycles. The van der Waals surface area contributed by atoms with Gasteiger partial charge in [-0.2, -0.15) is 0 Å². The summed E-state index contributed by atoms with van der Waals surface area (Å²) in [6.07, 6.45) is -2.54. The van der Waals surface area contributed by atoms with Gasteiger partial charge in [0.15, 0.2) is 5.58 Å². The summed E-state index contributed by atoms with van der Waals surface area (Å²) < 4.78 is 29.0. The van der Waals surface area contributed by atoms with Crippen molar-refractivity contribution in [2.24, 2.45) is 0 Å². The van der Waals surface area contributed by atoms with Gasteiger partial charge in [0.25, 0.3) is 6.43 Å². The Labute approximate surface area is 71.0 Å². The van der Waals surface area contributed by atoms with Crippen molar-refractivity contribution in [1.82, 2.24) is 4.98 Å². The third kappa shape index (κ3) is 1.32. The number of H-pyrrole nitrogens is 1. The van der Waals surface area contributed by atoms with Crippen LogP contribution in [-0.4, -0.2) is 4.98 Å². The Morgan fingerprint density at radius 2 is 2.15 bits per heavy atom. The maximum absolute atomic E-state index is 12.2. The average Bonchev–Trinajstić information content (AvgIpc) is 2.42. The van der Waals surface area contributed by atoms with E-state index in [0.717, 1.165) is 0 Å². The molecule has 0 radical (unpaired) electrons. The van der Waals surface area contributed by atoms with Crippen molar-refractivity contribution in [1.29, 1.82) is 0 Å². The molecule has 3 nitrogen and oxygen atoms in total. The van der Waals surface area contributed by atoms with Gasteiger partial charge in [0.2, 0.25) is 0 Å². The largest absolute Gasteiger partial charge is 0.417 e. The van der Waals surface area contributed by atoms with Crippen molar-refractivity contribution in [3.05, 3.63) is 34.3 Å². The SMILES string of the molecule is O=c1[nH]c2cc(C(F)F)ccc2o1. The summed E-state index contributed by atoms with van der Waals surface area (Å²) in [5.74, 6) is -0.638. The number of nitrogens with one attached hydrogen (secondary N) is 1. The fraction of sp³-hybridized carbons (Fsp3) is 0.125. The zero-order valence-corrected chi connectivity index (χ0v) is 6.38. The van der Waals surface area contributed by atoms with Crippen molar-refractivity contribution in [2.45, 2.75) is 6.43 Å². The normalized spacial score (nSPS) is 11.3. The van der Waals surface area contributed by atoms with E-state index in [0.29, 0.717) is 5.52 Å². The lowest BCUT2D eigenvalue weighted by Gasteiger charge is -1.96. The summed E-state index contributed by atoms with van der Waals surface area (Å²) in [6.45, 7) is 0. The molecule has 0 bridgehead atoms. The minimum absolute atomic E-state index is 0.135. The van der Waals surface area contributed by atoms with E-state index in [1.54, 1.807) is 0 Å². The lowest BCUT2D eigenvalue weighted by atomic mass is 10.2. The number of aromatic nitrogens is 1. The summed E-state index contributed by atoms with van der Waals surface area (Å²) in [6, 6.07) is 3.77. The van der Waals surface area contributed by atoms with Crippen molar-refractivity contribution < 1.29 is 13.2 Å². The standard InChI is InChI=1S/C8H5F2NO2/c9-7(10)4-1-2-6-5(3-4)11-8(12)13-6/h1-3,7H,(H,11,12). The monoisotopic (exact) mass is 185 g/mol. The van der Waals surface area contributed by atoms with Crippen LogP contribution < -0.4 is 5.76 Å². The van der Waals surface area contributed by atoms with Gasteiger partial charge >= 0.3 is 5.76 Å². The molecule has 0 atom stereocenters. The lowest BCUT2D eigenvalue weighted by Crippen LogP contribution is -1.93. The molecular weight excluding hydrogens is 180 g/mol. The van der Waals surface area contributed by atoms with Crippen LogP contribution in [0.2, 0.25) is 0 Å². The Morgan fingerprint density at radius 1 is 1.38 bits per heavy atom. The predicted octanol–water partition coefficient (Wildman–Crippen LogP) is 2.06. The molecule has 0 aliphatic rings. The number of benzene rings is 1. The van der Waals surface area contributed by atoms with Crippen LogP contribution in [-0.2, 0) is 0 Å². The molecule has 1 N–H and O–H groups in total. The lowest BCUT2D eigenvalue weighted by molar-refractivity contribution is 0.151. The number of hydrogen-bond donors (Lipinski definition) is 1. The maximum Gasteiger partial charge on any atom is 0.417 e. The summed E-state index contributed by atoms with van der Waals surface area (Å²) >= 11 is 0. The van der Waals surface area contributed by atoms with Crippen LogP contribution in [0.5, 0.6) is 0 Å². The van der Waals surface area contributed by atoms with E-state index in [2.05, 4.69) is 9.40 Å². The molecule has 0 saturated carbocycles. The van der Waals surface area contributed by atoms with Gasteiger partial charge in [0.05, 0.1) is 5.52 Å². The molecule has 2 rings (SSSR count). The molecule has 1 aromatic carbocycles. The van der Waals surface area contributed by atoms with Gasteiger partial charge < -0.3 is 4.42 Å². The summed E-state index contributed by atoms with van der Waals surface area (Å²) in [7, 11) is 0. The summed E-state index contributed by atoms with van der Waals surface area (Å²) in [4.78, 5) is 13.0. The molecule has 13 heavy (non-hydrogen) atoms. The van der Waals surface area contributed by atoms with Gasteiger partial charge in [-0.05, 0) is 18.2 Å². The first-order valence-corrected chi connectivity index (χ1v) is 3.58. The summed E-state index contributed by atoms with van der Waals surface area (Å²) in [5.41, 5.74) is 0.446. The number of halogens is 2. The number of hydrogen-bond acceptors (Lipinski definition) is 2. The number of fused-ring (bicyclic) bond motifs is 1. The van der Waals surface area contributed by atoms with E-state index in [9.17, 15) is 13.6 Å². The number of oxazole rings is 1. The van der Waals surface area contributed by atoms with Crippen molar-refractivity contribution in [3.8, 4) is 0 Å². The van der Waals surface area contributed by atoms with E-state index >= 15 is 0 Å². The molecule has 0 saturated heterocycles. The highest BCUT2D eigenvalue weighted by Crippen LogP contribution is 2.21. The zero-order valence-electron chi connectivity index (χ0n) is 6.38. The van der Waals surface area contributed by atoms with E-state index in [-0.39, 0.29) is 11.1 Å². The van der Waals surface area contributed by atoms with Crippen molar-refractivity contribution in [3.63, 3.8) is 0 Å². The van der Waals surface area contributed by atoms with Gasteiger partial charge in [-0.15, -0.1) is 0 Å². The Kier molecular flexibility index (Phi) is 1.65. The Morgan fingerprint density at radius 3 is 2.85 bits per heavy atom. The van der Waals surface area contributed by atoms with Crippen LogP contribution in [0.4, 0.5) is 8.78 Å². The molecule has 0 fully saturated rings. The first-order valence-electron chi connectivity index (χ1n) is 3.58. The van der Waals surface area contributed by atoms with Gasteiger partial charge in [-0.25, -0.2) is 13.6 Å². The van der Waals surface area contributed by atoms with Crippen LogP contribution >= 0.6 is 0 Å². The topological polar surface area (TPSA) is 46.0 Å². The van der Waals surface area contributed by atoms with Gasteiger partial charge in [-0.3, -0.25) is 4.98 Å². The third-order valence-corrected chi connectivity index (χ3v) is 1.69. The average molecular weight is 185 g/mol. The van der Waals surface area contributed by atoms with Crippen molar-refractivity contribution >= 4 is 11.1 Å². The van der Waals surface area contributed by atoms with Gasteiger partial charge in [0.1, 0.15) is 0 Å². The Hall–Kier alpha value is -1.65. The summed E-state index contributed by atoms with van der Waals surface area (Å²) in [5, 5.41) is 0. The van der Waals surface area contributed by atoms with Gasteiger partial charge in [0, 0.05) is 5.56 Å². The van der Waals surface area contributed by atoms with E-state index in [1.165, 1.54) is 18.2 Å². The zero-order chi connectivity index (χ0) is 9.42. The van der Waals surface area contributed by atoms with Crippen LogP contribution in [0.1, 0.15) is 12.0 Å². The second kappa shape index (κ2) is 2.69. The third-order valence-electron chi connectivity index (χ3n) is 1.69. The number of rotatable bonds is 1. The fourth-order valence-electron chi connectivity index (χ4n) is 1.11. The quantitative estimate of drug-likeness (QED) is 0.739. The van der Waals surface area contributed by atoms with E-state index in [1.807, 2.05) is 0 Å². The molecule has 5 heteroatoms. The van der Waals surface area contributed by atoms with Crippen LogP contribution in [0.15, 0.2) is 27.4 Å². The highest BCUT2D eigenvalue weighted by atomic mass is 19.3. The Balaban J connectivity index is 2.68. The highest BCUT2D eigenvalue weighted by molar-refractivity contribution is 5.72. The first-order chi connectivity index (χ1) is 6.16. The number of alkyl halides is 2. The molecule has 2 aromatic rings. The predicted molar refractivity (Wildman–Crippen MR) is 41.8 cm³/mol. The molecule has 0 unspecified atom stereocenters. The smallest absolute Gasteiger partial charge is 0.408 e. The number of aromatic amines is 1.